The molecule has 4 N–H and O–H groups in total. The highest BCUT2D eigenvalue weighted by Gasteiger charge is 2.40. The topological polar surface area (TPSA) is 87.7 Å². The number of nitrogens with zero attached hydrogens (tertiary/aromatic N) is 1. The smallest absolute Gasteiger partial charge is 0.220 e. The second-order valence-corrected chi connectivity index (χ2v) is 5.92. The number of hydrogen-bond donors (Lipinski definition) is 3. The van der Waals surface area contributed by atoms with E-state index >= 15 is 0 Å². The van der Waals surface area contributed by atoms with E-state index in [2.05, 4.69) is 24.3 Å². The van der Waals surface area contributed by atoms with Gasteiger partial charge in [0, 0.05) is 6.42 Å². The molecule has 5 nitrogen and oxygen atoms in total. The minimum absolute atomic E-state index is 0.0139. The Morgan fingerprint density at radius 1 is 1.35 bits per heavy atom. The van der Waals surface area contributed by atoms with E-state index in [0.717, 1.165) is 51.4 Å². The first-order valence-electron chi connectivity index (χ1n) is 7.87. The van der Waals surface area contributed by atoms with Gasteiger partial charge in [0.25, 0.3) is 0 Å². The molecule has 0 spiro atoms. The number of oxime groups is 1. The number of amidine groups is 1. The van der Waals surface area contributed by atoms with Gasteiger partial charge in [-0.2, -0.15) is 0 Å². The van der Waals surface area contributed by atoms with E-state index < -0.39 is 5.54 Å². The van der Waals surface area contributed by atoms with Crippen LogP contribution in [0.25, 0.3) is 0 Å². The SMILES string of the molecule is CCCCCC(=O)NC1(/C(N)=N/O)CCC(CC)CC1. The molecule has 116 valence electrons. The van der Waals surface area contributed by atoms with Gasteiger partial charge in [-0.15, -0.1) is 0 Å². The Labute approximate surface area is 122 Å². The molecule has 1 aliphatic rings. The first-order chi connectivity index (χ1) is 9.57. The Morgan fingerprint density at radius 3 is 2.50 bits per heavy atom. The largest absolute Gasteiger partial charge is 0.409 e. The van der Waals surface area contributed by atoms with Crippen LogP contribution in [0.4, 0.5) is 0 Å². The summed E-state index contributed by atoms with van der Waals surface area (Å²) < 4.78 is 0. The van der Waals surface area contributed by atoms with E-state index in [0.29, 0.717) is 12.3 Å². The fourth-order valence-electron chi connectivity index (χ4n) is 2.98. The van der Waals surface area contributed by atoms with Gasteiger partial charge in [0.15, 0.2) is 5.84 Å². The van der Waals surface area contributed by atoms with Crippen molar-refractivity contribution in [2.75, 3.05) is 0 Å². The van der Waals surface area contributed by atoms with Crippen LogP contribution in [-0.2, 0) is 4.79 Å². The fourth-order valence-corrected chi connectivity index (χ4v) is 2.98. The average molecular weight is 283 g/mol. The highest BCUT2D eigenvalue weighted by molar-refractivity contribution is 5.94. The van der Waals surface area contributed by atoms with Crippen molar-refractivity contribution in [3.05, 3.63) is 0 Å². The van der Waals surface area contributed by atoms with Crippen LogP contribution in [0.2, 0.25) is 0 Å². The first kappa shape index (κ1) is 16.8. The summed E-state index contributed by atoms with van der Waals surface area (Å²) >= 11 is 0. The second kappa shape index (κ2) is 8.12. The normalized spacial score (nSPS) is 27.3. The summed E-state index contributed by atoms with van der Waals surface area (Å²) in [5.41, 5.74) is 5.22. The number of carbonyl (C=O) groups is 1. The molecule has 1 saturated carbocycles. The van der Waals surface area contributed by atoms with E-state index in [1.54, 1.807) is 0 Å². The fraction of sp³-hybridized carbons (Fsp3) is 0.867. The highest BCUT2D eigenvalue weighted by atomic mass is 16.4. The van der Waals surface area contributed by atoms with Gasteiger partial charge in [-0.1, -0.05) is 38.3 Å². The molecule has 0 bridgehead atoms. The van der Waals surface area contributed by atoms with Crippen LogP contribution in [0.1, 0.15) is 71.6 Å². The predicted octanol–water partition coefficient (Wildman–Crippen LogP) is 2.77. The van der Waals surface area contributed by atoms with Crippen molar-refractivity contribution in [2.24, 2.45) is 16.8 Å². The molecule has 0 radical (unpaired) electrons. The molecule has 5 heteroatoms. The summed E-state index contributed by atoms with van der Waals surface area (Å²) in [5.74, 6) is 0.850. The molecule has 0 heterocycles. The lowest BCUT2D eigenvalue weighted by molar-refractivity contribution is -0.122. The summed E-state index contributed by atoms with van der Waals surface area (Å²) in [6, 6.07) is 0. The number of nitrogens with two attached hydrogens (primary N) is 1. The zero-order valence-electron chi connectivity index (χ0n) is 12.8. The van der Waals surface area contributed by atoms with Crippen LogP contribution in [0.3, 0.4) is 0 Å². The number of rotatable bonds is 7. The molecule has 20 heavy (non-hydrogen) atoms. The molecule has 1 fully saturated rings. The molecule has 0 aromatic rings. The molecule has 0 atom stereocenters. The molecule has 1 rings (SSSR count). The standard InChI is InChI=1S/C15H29N3O2/c1-3-5-6-7-13(19)17-15(14(16)18-20)10-8-12(4-2)9-11-15/h12,20H,3-11H2,1-2H3,(H2,16,18)(H,17,19). The van der Waals surface area contributed by atoms with Gasteiger partial charge >= 0.3 is 0 Å². The lowest BCUT2D eigenvalue weighted by Gasteiger charge is -2.39. The molecule has 0 unspecified atom stereocenters. The van der Waals surface area contributed by atoms with E-state index in [9.17, 15) is 4.79 Å². The van der Waals surface area contributed by atoms with E-state index in [-0.39, 0.29) is 11.7 Å². The summed E-state index contributed by atoms with van der Waals surface area (Å²) in [7, 11) is 0. The molecular formula is C15H29N3O2. The van der Waals surface area contributed by atoms with Crippen LogP contribution in [0, 0.1) is 5.92 Å². The highest BCUT2D eigenvalue weighted by Crippen LogP contribution is 2.34. The third-order valence-electron chi connectivity index (χ3n) is 4.52. The Bertz CT molecular complexity index is 334. The Hall–Kier alpha value is -1.26. The van der Waals surface area contributed by atoms with Gasteiger partial charge in [0.1, 0.15) is 5.54 Å². The van der Waals surface area contributed by atoms with Crippen molar-refractivity contribution in [2.45, 2.75) is 77.2 Å². The van der Waals surface area contributed by atoms with Crippen molar-refractivity contribution >= 4 is 11.7 Å². The van der Waals surface area contributed by atoms with Gasteiger partial charge in [0.2, 0.25) is 5.91 Å². The summed E-state index contributed by atoms with van der Waals surface area (Å²) in [6.45, 7) is 4.30. The predicted molar refractivity (Wildman–Crippen MR) is 80.7 cm³/mol. The van der Waals surface area contributed by atoms with Crippen molar-refractivity contribution in [1.29, 1.82) is 0 Å². The van der Waals surface area contributed by atoms with Gasteiger partial charge in [-0.3, -0.25) is 4.79 Å². The van der Waals surface area contributed by atoms with Crippen molar-refractivity contribution < 1.29 is 10.0 Å². The third-order valence-corrected chi connectivity index (χ3v) is 4.52. The van der Waals surface area contributed by atoms with Gasteiger partial charge < -0.3 is 16.3 Å². The van der Waals surface area contributed by atoms with Crippen LogP contribution in [0.15, 0.2) is 5.16 Å². The van der Waals surface area contributed by atoms with Crippen molar-refractivity contribution in [1.82, 2.24) is 5.32 Å². The zero-order valence-corrected chi connectivity index (χ0v) is 12.8. The van der Waals surface area contributed by atoms with Crippen molar-refractivity contribution in [3.63, 3.8) is 0 Å². The Balaban J connectivity index is 2.64. The minimum Gasteiger partial charge on any atom is -0.409 e. The van der Waals surface area contributed by atoms with Gasteiger partial charge in [0.05, 0.1) is 0 Å². The number of unbranched alkanes of at least 4 members (excludes halogenated alkanes) is 2. The van der Waals surface area contributed by atoms with E-state index in [1.807, 2.05) is 0 Å². The molecule has 0 saturated heterocycles. The molecule has 0 aromatic carbocycles. The molecule has 1 amide bonds. The monoisotopic (exact) mass is 283 g/mol. The van der Waals surface area contributed by atoms with E-state index in [1.165, 1.54) is 0 Å². The second-order valence-electron chi connectivity index (χ2n) is 5.92. The number of carbonyl (C=O) groups excluding carboxylic acids is 1. The van der Waals surface area contributed by atoms with Crippen molar-refractivity contribution in [3.8, 4) is 0 Å². The number of nitrogens with one attached hydrogen (secondary N) is 1. The first-order valence-corrected chi connectivity index (χ1v) is 7.87. The van der Waals surface area contributed by atoms with Crippen LogP contribution in [-0.4, -0.2) is 22.5 Å². The zero-order chi connectivity index (χ0) is 15.0. The number of amides is 1. The van der Waals surface area contributed by atoms with Gasteiger partial charge in [-0.25, -0.2) is 0 Å². The Morgan fingerprint density at radius 2 is 2.00 bits per heavy atom. The van der Waals surface area contributed by atoms with Gasteiger partial charge in [-0.05, 0) is 38.0 Å². The molecular weight excluding hydrogens is 254 g/mol. The number of hydrogen-bond acceptors (Lipinski definition) is 3. The lowest BCUT2D eigenvalue weighted by Crippen LogP contribution is -2.59. The van der Waals surface area contributed by atoms with E-state index in [4.69, 9.17) is 10.9 Å². The van der Waals surface area contributed by atoms with Crippen LogP contribution < -0.4 is 11.1 Å². The third kappa shape index (κ3) is 4.39. The molecule has 0 aliphatic heterocycles. The molecule has 1 aliphatic carbocycles. The maximum atomic E-state index is 12.1. The minimum atomic E-state index is -0.635. The van der Waals surface area contributed by atoms with Crippen LogP contribution in [0.5, 0.6) is 0 Å². The molecule has 0 aromatic heterocycles. The quantitative estimate of drug-likeness (QED) is 0.221. The lowest BCUT2D eigenvalue weighted by atomic mass is 9.75. The average Bonchev–Trinajstić information content (AvgIpc) is 2.47. The Kier molecular flexibility index (Phi) is 6.82. The summed E-state index contributed by atoms with van der Waals surface area (Å²) in [5, 5.41) is 15.2. The van der Waals surface area contributed by atoms with Crippen LogP contribution >= 0.6 is 0 Å². The summed E-state index contributed by atoms with van der Waals surface area (Å²) in [6.07, 6.45) is 8.28. The maximum Gasteiger partial charge on any atom is 0.220 e. The maximum absolute atomic E-state index is 12.1. The summed E-state index contributed by atoms with van der Waals surface area (Å²) in [4.78, 5) is 12.1.